The lowest BCUT2D eigenvalue weighted by molar-refractivity contribution is -0.137. The fourth-order valence-electron chi connectivity index (χ4n) is 3.11. The van der Waals surface area contributed by atoms with E-state index in [1.165, 1.54) is 18.4 Å². The highest BCUT2D eigenvalue weighted by Crippen LogP contribution is 2.29. The standard InChI is InChI=1S/C18H19F3N2O4S/c19-18(20,21)13-3-5-14(6-4-13)22-17(24)11-23(10-16-2-1-8-27-16)15-7-9-28(25,26)12-15/h1-6,8,15H,7,9-12H2,(H,22,24)/t15-/m0/s1. The Kier molecular flexibility index (Phi) is 5.80. The van der Waals surface area contributed by atoms with Crippen LogP contribution in [0.3, 0.4) is 0 Å². The van der Waals surface area contributed by atoms with E-state index in [1.54, 1.807) is 17.0 Å². The Hall–Kier alpha value is -2.33. The largest absolute Gasteiger partial charge is 0.468 e. The van der Waals surface area contributed by atoms with Crippen molar-refractivity contribution in [2.24, 2.45) is 0 Å². The number of nitrogens with one attached hydrogen (secondary N) is 1. The van der Waals surface area contributed by atoms with Crippen LogP contribution in [0.1, 0.15) is 17.7 Å². The van der Waals surface area contributed by atoms with Crippen LogP contribution in [0.4, 0.5) is 18.9 Å². The van der Waals surface area contributed by atoms with Crippen molar-refractivity contribution < 1.29 is 30.8 Å². The summed E-state index contributed by atoms with van der Waals surface area (Å²) in [4.78, 5) is 14.1. The van der Waals surface area contributed by atoms with Crippen LogP contribution in [0.25, 0.3) is 0 Å². The van der Waals surface area contributed by atoms with Crippen LogP contribution in [0.5, 0.6) is 0 Å². The first-order valence-electron chi connectivity index (χ1n) is 8.56. The lowest BCUT2D eigenvalue weighted by Crippen LogP contribution is -2.41. The molecule has 1 aliphatic heterocycles. The number of carbonyl (C=O) groups excluding carboxylic acids is 1. The fourth-order valence-corrected chi connectivity index (χ4v) is 4.87. The molecule has 2 heterocycles. The van der Waals surface area contributed by atoms with E-state index < -0.39 is 27.5 Å². The van der Waals surface area contributed by atoms with E-state index in [0.29, 0.717) is 12.2 Å². The summed E-state index contributed by atoms with van der Waals surface area (Å²) in [6.07, 6.45) is -2.55. The molecular weight excluding hydrogens is 397 g/mol. The maximum Gasteiger partial charge on any atom is 0.416 e. The zero-order chi connectivity index (χ0) is 20.4. The first-order chi connectivity index (χ1) is 13.1. The van der Waals surface area contributed by atoms with E-state index >= 15 is 0 Å². The third-order valence-corrected chi connectivity index (χ3v) is 6.26. The van der Waals surface area contributed by atoms with E-state index in [-0.39, 0.29) is 36.3 Å². The SMILES string of the molecule is O=C(CN(Cc1ccco1)[C@H]1CCS(=O)(=O)C1)Nc1ccc(C(F)(F)F)cc1. The van der Waals surface area contributed by atoms with Gasteiger partial charge in [0.25, 0.3) is 0 Å². The summed E-state index contributed by atoms with van der Waals surface area (Å²) in [7, 11) is -3.14. The molecule has 152 valence electrons. The molecule has 28 heavy (non-hydrogen) atoms. The van der Waals surface area contributed by atoms with E-state index in [9.17, 15) is 26.4 Å². The van der Waals surface area contributed by atoms with E-state index in [2.05, 4.69) is 5.32 Å². The molecule has 1 N–H and O–H groups in total. The molecule has 1 fully saturated rings. The Morgan fingerprint density at radius 1 is 1.21 bits per heavy atom. The van der Waals surface area contributed by atoms with Crippen molar-refractivity contribution in [3.05, 3.63) is 54.0 Å². The number of hydrogen-bond donors (Lipinski definition) is 1. The normalized spacial score (nSPS) is 19.1. The van der Waals surface area contributed by atoms with Gasteiger partial charge in [0.1, 0.15) is 5.76 Å². The van der Waals surface area contributed by atoms with Crippen LogP contribution < -0.4 is 5.32 Å². The van der Waals surface area contributed by atoms with Crippen LogP contribution in [0.15, 0.2) is 47.1 Å². The summed E-state index contributed by atoms with van der Waals surface area (Å²) in [6.45, 7) is 0.148. The second kappa shape index (κ2) is 7.96. The number of nitrogens with zero attached hydrogens (tertiary/aromatic N) is 1. The Morgan fingerprint density at radius 2 is 1.93 bits per heavy atom. The molecule has 6 nitrogen and oxygen atoms in total. The van der Waals surface area contributed by atoms with Gasteiger partial charge < -0.3 is 9.73 Å². The lowest BCUT2D eigenvalue weighted by Gasteiger charge is -2.26. The summed E-state index contributed by atoms with van der Waals surface area (Å²) >= 11 is 0. The molecule has 1 aromatic carbocycles. The number of benzene rings is 1. The van der Waals surface area contributed by atoms with Crippen molar-refractivity contribution in [1.29, 1.82) is 0 Å². The van der Waals surface area contributed by atoms with Crippen molar-refractivity contribution in [1.82, 2.24) is 4.90 Å². The number of furan rings is 1. The highest BCUT2D eigenvalue weighted by atomic mass is 32.2. The van der Waals surface area contributed by atoms with Gasteiger partial charge in [-0.2, -0.15) is 13.2 Å². The monoisotopic (exact) mass is 416 g/mol. The zero-order valence-electron chi connectivity index (χ0n) is 14.8. The van der Waals surface area contributed by atoms with Gasteiger partial charge in [-0.25, -0.2) is 8.42 Å². The van der Waals surface area contributed by atoms with Gasteiger partial charge in [0.15, 0.2) is 9.84 Å². The molecule has 10 heteroatoms. The Bertz CT molecular complexity index is 909. The third kappa shape index (κ3) is 5.35. The minimum absolute atomic E-state index is 0.0404. The van der Waals surface area contributed by atoms with Crippen molar-refractivity contribution >= 4 is 21.4 Å². The van der Waals surface area contributed by atoms with Crippen molar-refractivity contribution in [3.8, 4) is 0 Å². The van der Waals surface area contributed by atoms with Gasteiger partial charge in [-0.3, -0.25) is 9.69 Å². The molecule has 0 saturated carbocycles. The molecule has 1 amide bonds. The second-order valence-electron chi connectivity index (χ2n) is 6.66. The van der Waals surface area contributed by atoms with Gasteiger partial charge in [-0.05, 0) is 42.8 Å². The molecule has 0 radical (unpaired) electrons. The molecule has 0 spiro atoms. The molecule has 1 atom stereocenters. The number of sulfone groups is 1. The summed E-state index contributed by atoms with van der Waals surface area (Å²) in [5.41, 5.74) is -0.573. The highest BCUT2D eigenvalue weighted by Gasteiger charge is 2.33. The number of anilines is 1. The smallest absolute Gasteiger partial charge is 0.416 e. The molecule has 0 bridgehead atoms. The minimum atomic E-state index is -4.45. The molecule has 1 saturated heterocycles. The predicted octanol–water partition coefficient (Wildman–Crippen LogP) is 2.93. The van der Waals surface area contributed by atoms with Gasteiger partial charge in [0.2, 0.25) is 5.91 Å². The number of halogens is 3. The first-order valence-corrected chi connectivity index (χ1v) is 10.4. The van der Waals surface area contributed by atoms with Crippen LogP contribution in [-0.4, -0.2) is 43.3 Å². The van der Waals surface area contributed by atoms with E-state index in [0.717, 1.165) is 12.1 Å². The molecule has 0 unspecified atom stereocenters. The Morgan fingerprint density at radius 3 is 2.46 bits per heavy atom. The van der Waals surface area contributed by atoms with Gasteiger partial charge in [-0.15, -0.1) is 0 Å². The number of hydrogen-bond acceptors (Lipinski definition) is 5. The average molecular weight is 416 g/mol. The molecule has 0 aliphatic carbocycles. The average Bonchev–Trinajstić information content (AvgIpc) is 3.23. The maximum atomic E-state index is 12.6. The topological polar surface area (TPSA) is 79.6 Å². The number of rotatable bonds is 6. The van der Waals surface area contributed by atoms with Crippen molar-refractivity contribution in [2.75, 3.05) is 23.4 Å². The lowest BCUT2D eigenvalue weighted by atomic mass is 10.2. The number of amides is 1. The van der Waals surface area contributed by atoms with Crippen LogP contribution in [0.2, 0.25) is 0 Å². The zero-order valence-corrected chi connectivity index (χ0v) is 15.6. The summed E-state index contributed by atoms with van der Waals surface area (Å²) in [6, 6.07) is 7.23. The van der Waals surface area contributed by atoms with E-state index in [4.69, 9.17) is 4.42 Å². The Labute approximate surface area is 160 Å². The fraction of sp³-hybridized carbons (Fsp3) is 0.389. The molecule has 1 aliphatic rings. The van der Waals surface area contributed by atoms with Crippen LogP contribution in [-0.2, 0) is 27.4 Å². The van der Waals surface area contributed by atoms with Gasteiger partial charge in [0, 0.05) is 11.7 Å². The van der Waals surface area contributed by atoms with Crippen molar-refractivity contribution in [2.45, 2.75) is 25.2 Å². The second-order valence-corrected chi connectivity index (χ2v) is 8.89. The van der Waals surface area contributed by atoms with Crippen molar-refractivity contribution in [3.63, 3.8) is 0 Å². The van der Waals surface area contributed by atoms with Crippen LogP contribution >= 0.6 is 0 Å². The quantitative estimate of drug-likeness (QED) is 0.783. The predicted molar refractivity (Wildman–Crippen MR) is 96.3 cm³/mol. The van der Waals surface area contributed by atoms with Gasteiger partial charge >= 0.3 is 6.18 Å². The highest BCUT2D eigenvalue weighted by molar-refractivity contribution is 7.91. The third-order valence-electron chi connectivity index (χ3n) is 4.51. The van der Waals surface area contributed by atoms with Crippen LogP contribution in [0, 0.1) is 0 Å². The molecule has 1 aromatic heterocycles. The number of carbonyl (C=O) groups is 1. The summed E-state index contributed by atoms with van der Waals surface area (Å²) < 4.78 is 66.7. The molecular formula is C18H19F3N2O4S. The van der Waals surface area contributed by atoms with E-state index in [1.807, 2.05) is 0 Å². The minimum Gasteiger partial charge on any atom is -0.468 e. The number of alkyl halides is 3. The summed E-state index contributed by atoms with van der Waals surface area (Å²) in [5, 5.41) is 2.55. The maximum absolute atomic E-state index is 12.6. The molecule has 2 aromatic rings. The first kappa shape index (κ1) is 20.4. The molecule has 3 rings (SSSR count). The summed E-state index contributed by atoms with van der Waals surface area (Å²) in [5.74, 6) is 0.163. The van der Waals surface area contributed by atoms with Gasteiger partial charge in [0.05, 0.1) is 36.4 Å². The van der Waals surface area contributed by atoms with Gasteiger partial charge in [-0.1, -0.05) is 0 Å². The Balaban J connectivity index is 1.67.